The Morgan fingerprint density at radius 3 is 1.28 bits per heavy atom. The summed E-state index contributed by atoms with van der Waals surface area (Å²) in [5.74, 6) is -2.77. The van der Waals surface area contributed by atoms with Crippen LogP contribution in [-0.4, -0.2) is 23.1 Å². The van der Waals surface area contributed by atoms with Crippen LogP contribution in [-0.2, 0) is 29.1 Å². The van der Waals surface area contributed by atoms with E-state index in [9.17, 15) is 9.59 Å². The maximum Gasteiger partial charge on any atom is 0.356 e. The molecule has 0 unspecified atom stereocenters. The summed E-state index contributed by atoms with van der Waals surface area (Å²) in [5.41, 5.74) is -1.28. The molecule has 0 fully saturated rings. The zero-order valence-corrected chi connectivity index (χ0v) is 12.0. The van der Waals surface area contributed by atoms with Crippen molar-refractivity contribution in [1.82, 2.24) is 0 Å². The molecule has 0 aromatic heterocycles. The van der Waals surface area contributed by atoms with Crippen molar-refractivity contribution in [3.63, 3.8) is 0 Å². The minimum atomic E-state index is -1.12. The highest BCUT2D eigenvalue weighted by Gasteiger charge is 2.29. The first kappa shape index (κ1) is 16.9. The van der Waals surface area contributed by atoms with Gasteiger partial charge in [-0.05, 0) is 48.5 Å². The number of rotatable bonds is 4. The highest BCUT2D eigenvalue weighted by atomic mass is 17.2. The van der Waals surface area contributed by atoms with Gasteiger partial charge in [0.25, 0.3) is 0 Å². The van der Waals surface area contributed by atoms with Crippen LogP contribution in [0.1, 0.15) is 48.5 Å². The van der Waals surface area contributed by atoms with Crippen molar-refractivity contribution >= 4 is 11.9 Å². The van der Waals surface area contributed by atoms with Crippen molar-refractivity contribution in [3.8, 4) is 0 Å². The fourth-order valence-corrected chi connectivity index (χ4v) is 0.573. The fraction of sp³-hybridized carbons (Fsp3) is 0.833. The van der Waals surface area contributed by atoms with Crippen LogP contribution in [0, 0.1) is 5.92 Å². The van der Waals surface area contributed by atoms with E-state index in [1.807, 2.05) is 0 Å². The minimum absolute atomic E-state index is 0.638. The molecule has 0 radical (unpaired) electrons. The van der Waals surface area contributed by atoms with E-state index in [1.165, 1.54) is 6.92 Å². The summed E-state index contributed by atoms with van der Waals surface area (Å²) in [4.78, 5) is 41.6. The lowest BCUT2D eigenvalue weighted by Crippen LogP contribution is -2.31. The van der Waals surface area contributed by atoms with Gasteiger partial charge in [0.1, 0.15) is 11.2 Å². The minimum Gasteiger partial charge on any atom is -0.297 e. The van der Waals surface area contributed by atoms with Crippen molar-refractivity contribution in [3.05, 3.63) is 0 Å². The van der Waals surface area contributed by atoms with Crippen molar-refractivity contribution in [2.45, 2.75) is 59.7 Å². The molecule has 6 nitrogen and oxygen atoms in total. The lowest BCUT2D eigenvalue weighted by Gasteiger charge is -2.19. The van der Waals surface area contributed by atoms with Gasteiger partial charge in [0.15, 0.2) is 5.92 Å². The van der Waals surface area contributed by atoms with Gasteiger partial charge in [-0.1, -0.05) is 0 Å². The molecule has 0 aromatic rings. The zero-order valence-electron chi connectivity index (χ0n) is 12.0. The maximum absolute atomic E-state index is 11.5. The predicted octanol–water partition coefficient (Wildman–Crippen LogP) is 2.17. The van der Waals surface area contributed by atoms with Gasteiger partial charge in [-0.2, -0.15) is 9.78 Å². The average molecular weight is 262 g/mol. The number of hydrogen-bond acceptors (Lipinski definition) is 6. The van der Waals surface area contributed by atoms with Crippen LogP contribution < -0.4 is 0 Å². The van der Waals surface area contributed by atoms with Gasteiger partial charge >= 0.3 is 11.9 Å². The molecule has 18 heavy (non-hydrogen) atoms. The third-order valence-electron chi connectivity index (χ3n) is 1.45. The van der Waals surface area contributed by atoms with Crippen molar-refractivity contribution in [2.24, 2.45) is 5.92 Å². The Kier molecular flexibility index (Phi) is 5.76. The smallest absolute Gasteiger partial charge is 0.297 e. The van der Waals surface area contributed by atoms with E-state index in [-0.39, 0.29) is 0 Å². The molecule has 6 heteroatoms. The Balaban J connectivity index is 4.17. The molecule has 0 N–H and O–H groups in total. The summed E-state index contributed by atoms with van der Waals surface area (Å²) in [6.07, 6.45) is 0. The summed E-state index contributed by atoms with van der Waals surface area (Å²) in [6.45, 7) is 11.6. The van der Waals surface area contributed by atoms with E-state index in [1.54, 1.807) is 41.5 Å². The van der Waals surface area contributed by atoms with Crippen LogP contribution in [0.4, 0.5) is 0 Å². The third kappa shape index (κ3) is 8.03. The van der Waals surface area contributed by atoms with Gasteiger partial charge in [-0.3, -0.25) is 9.78 Å². The van der Waals surface area contributed by atoms with Crippen LogP contribution in [0.2, 0.25) is 0 Å². The molecule has 0 spiro atoms. The van der Waals surface area contributed by atoms with E-state index < -0.39 is 29.1 Å². The van der Waals surface area contributed by atoms with Gasteiger partial charge in [0.05, 0.1) is 0 Å². The summed E-state index contributed by atoms with van der Waals surface area (Å²) in [7, 11) is 0. The highest BCUT2D eigenvalue weighted by molar-refractivity contribution is 5.93. The van der Waals surface area contributed by atoms with Crippen molar-refractivity contribution in [1.29, 1.82) is 0 Å². The second kappa shape index (κ2) is 6.15. The van der Waals surface area contributed by atoms with Crippen LogP contribution in [0.3, 0.4) is 0 Å². The molecule has 0 saturated carbocycles. The summed E-state index contributed by atoms with van der Waals surface area (Å²) < 4.78 is 0. The lowest BCUT2D eigenvalue weighted by atomic mass is 10.2. The van der Waals surface area contributed by atoms with Gasteiger partial charge in [0, 0.05) is 0 Å². The molecule has 0 atom stereocenters. The lowest BCUT2D eigenvalue weighted by molar-refractivity contribution is -0.333. The van der Waals surface area contributed by atoms with Gasteiger partial charge < -0.3 is 0 Å². The molecule has 0 heterocycles. The second-order valence-electron chi connectivity index (χ2n) is 5.92. The molecular formula is C12H22O6. The SMILES string of the molecule is CC(C(=O)OOC(C)(C)C)C(=O)OOC(C)(C)C. The molecule has 0 aromatic carbocycles. The summed E-state index contributed by atoms with van der Waals surface area (Å²) >= 11 is 0. The molecule has 0 saturated heterocycles. The number of carbonyl (C=O) groups is 2. The van der Waals surface area contributed by atoms with Crippen LogP contribution in [0.25, 0.3) is 0 Å². The Labute approximate surface area is 107 Å². The Morgan fingerprint density at radius 2 is 1.06 bits per heavy atom. The standard InChI is InChI=1S/C12H22O6/c1-8(9(13)15-17-11(2,3)4)10(14)16-18-12(5,6)7/h8H,1-7H3. The first-order chi connectivity index (χ1) is 7.92. The average Bonchev–Trinajstić information content (AvgIpc) is 2.19. The molecule has 0 amide bonds. The number of hydrogen-bond donors (Lipinski definition) is 0. The van der Waals surface area contributed by atoms with Crippen LogP contribution in [0.5, 0.6) is 0 Å². The maximum atomic E-state index is 11.5. The highest BCUT2D eigenvalue weighted by Crippen LogP contribution is 2.12. The predicted molar refractivity (Wildman–Crippen MR) is 63.0 cm³/mol. The van der Waals surface area contributed by atoms with E-state index in [2.05, 4.69) is 9.78 Å². The van der Waals surface area contributed by atoms with Gasteiger partial charge in [-0.25, -0.2) is 9.59 Å². The molecule has 0 rings (SSSR count). The normalized spacial score (nSPS) is 12.4. The molecule has 0 aliphatic heterocycles. The monoisotopic (exact) mass is 262 g/mol. The Hall–Kier alpha value is -1.14. The van der Waals surface area contributed by atoms with E-state index in [0.717, 1.165) is 0 Å². The third-order valence-corrected chi connectivity index (χ3v) is 1.45. The van der Waals surface area contributed by atoms with Crippen LogP contribution in [0.15, 0.2) is 0 Å². The van der Waals surface area contributed by atoms with E-state index in [0.29, 0.717) is 0 Å². The van der Waals surface area contributed by atoms with E-state index in [4.69, 9.17) is 9.78 Å². The van der Waals surface area contributed by atoms with Gasteiger partial charge in [0.2, 0.25) is 0 Å². The first-order valence-corrected chi connectivity index (χ1v) is 5.71. The molecule has 0 aliphatic carbocycles. The summed E-state index contributed by atoms with van der Waals surface area (Å²) in [6, 6.07) is 0. The Morgan fingerprint density at radius 1 is 0.778 bits per heavy atom. The molecule has 106 valence electrons. The van der Waals surface area contributed by atoms with Crippen molar-refractivity contribution in [2.75, 3.05) is 0 Å². The van der Waals surface area contributed by atoms with Crippen LogP contribution >= 0.6 is 0 Å². The molecule has 0 aliphatic rings. The number of carbonyl (C=O) groups excluding carboxylic acids is 2. The Bertz CT molecular complexity index is 267. The fourth-order valence-electron chi connectivity index (χ4n) is 0.573. The topological polar surface area (TPSA) is 71.1 Å². The van der Waals surface area contributed by atoms with Crippen molar-refractivity contribution < 1.29 is 29.1 Å². The summed E-state index contributed by atoms with van der Waals surface area (Å²) in [5, 5.41) is 0. The van der Waals surface area contributed by atoms with Gasteiger partial charge in [-0.15, -0.1) is 0 Å². The zero-order chi connectivity index (χ0) is 14.6. The second-order valence-corrected chi connectivity index (χ2v) is 5.92. The molecular weight excluding hydrogens is 240 g/mol. The molecule has 0 bridgehead atoms. The first-order valence-electron chi connectivity index (χ1n) is 5.71. The quantitative estimate of drug-likeness (QED) is 0.439. The largest absolute Gasteiger partial charge is 0.356 e. The van der Waals surface area contributed by atoms with E-state index >= 15 is 0 Å².